The molecule has 0 aliphatic heterocycles. The summed E-state index contributed by atoms with van der Waals surface area (Å²) in [6.07, 6.45) is 0. The molecule has 3 aromatic rings. The van der Waals surface area contributed by atoms with Gasteiger partial charge in [-0.1, -0.05) is 0 Å². The molecule has 0 fully saturated rings. The van der Waals surface area contributed by atoms with E-state index in [2.05, 4.69) is 91.0 Å². The molecule has 0 N–H and O–H groups in total. The Kier molecular flexibility index (Phi) is 6.40. The fraction of sp³-hybridized carbons (Fsp3) is 0.0526. The molecule has 3 heteroatoms. The first-order chi connectivity index (χ1) is 10.9. The molecule has 0 aliphatic carbocycles. The van der Waals surface area contributed by atoms with E-state index in [0.29, 0.717) is 44.9 Å². The molecule has 0 aliphatic rings. The van der Waals surface area contributed by atoms with Crippen molar-refractivity contribution in [3.05, 3.63) is 91.0 Å². The van der Waals surface area contributed by atoms with Gasteiger partial charge in [0, 0.05) is 0 Å². The summed E-state index contributed by atoms with van der Waals surface area (Å²) in [4.78, 5) is 0. The standard InChI is InChI=1S/C19H16Se3/c1-4-10-16(11-5-1)20-19(21-17-12-6-2-7-13-17)22-18-14-8-3-9-15-18/h1-15,19H/i19+1. The topological polar surface area (TPSA) is 0 Å². The van der Waals surface area contributed by atoms with E-state index in [1.807, 2.05) is 0 Å². The second kappa shape index (κ2) is 8.75. The Morgan fingerprint density at radius 2 is 0.682 bits per heavy atom. The van der Waals surface area contributed by atoms with E-state index < -0.39 is 0 Å². The second-order valence-electron chi connectivity index (χ2n) is 4.58. The van der Waals surface area contributed by atoms with Gasteiger partial charge in [0.25, 0.3) is 0 Å². The molecule has 110 valence electrons. The molecule has 0 nitrogen and oxygen atoms in total. The first-order valence-electron chi connectivity index (χ1n) is 7.05. The molecule has 0 aromatic heterocycles. The van der Waals surface area contributed by atoms with E-state index in [0.717, 1.165) is 2.61 Å². The summed E-state index contributed by atoms with van der Waals surface area (Å²) in [7, 11) is 0. The summed E-state index contributed by atoms with van der Waals surface area (Å²) in [5, 5.41) is 0. The van der Waals surface area contributed by atoms with Crippen LogP contribution in [0.4, 0.5) is 0 Å². The van der Waals surface area contributed by atoms with E-state index in [-0.39, 0.29) is 0 Å². The summed E-state index contributed by atoms with van der Waals surface area (Å²) >= 11 is 1.65. The maximum absolute atomic E-state index is 2.29. The van der Waals surface area contributed by atoms with Crippen LogP contribution in [0.15, 0.2) is 91.0 Å². The van der Waals surface area contributed by atoms with E-state index >= 15 is 0 Å². The minimum atomic E-state index is 0.549. The maximum atomic E-state index is 2.29. The molecular formula is C19H16Se3. The molecule has 22 heavy (non-hydrogen) atoms. The van der Waals surface area contributed by atoms with E-state index in [4.69, 9.17) is 0 Å². The Hall–Kier alpha value is -0.782. The minimum absolute atomic E-state index is 0.549. The summed E-state index contributed by atoms with van der Waals surface area (Å²) in [6, 6.07) is 33.0. The Balaban J connectivity index is 1.75. The Morgan fingerprint density at radius 1 is 0.409 bits per heavy atom. The molecule has 3 rings (SSSR count). The molecule has 0 saturated carbocycles. The van der Waals surface area contributed by atoms with Crippen LogP contribution in [-0.4, -0.2) is 44.9 Å². The fourth-order valence-corrected chi connectivity index (χ4v) is 14.4. The quantitative estimate of drug-likeness (QED) is 0.372. The van der Waals surface area contributed by atoms with Gasteiger partial charge in [-0.2, -0.15) is 0 Å². The Bertz CT molecular complexity index is 570. The van der Waals surface area contributed by atoms with Crippen LogP contribution < -0.4 is 13.4 Å². The zero-order chi connectivity index (χ0) is 15.0. The molecule has 0 bridgehead atoms. The summed E-state index contributed by atoms with van der Waals surface area (Å²) in [6.45, 7) is 0. The molecule has 0 heterocycles. The van der Waals surface area contributed by atoms with Gasteiger partial charge in [-0.3, -0.25) is 0 Å². The van der Waals surface area contributed by atoms with Gasteiger partial charge in [0.05, 0.1) is 0 Å². The van der Waals surface area contributed by atoms with Crippen molar-refractivity contribution >= 4 is 58.3 Å². The fourth-order valence-electron chi connectivity index (χ4n) is 1.90. The zero-order valence-corrected chi connectivity index (χ0v) is 17.1. The van der Waals surface area contributed by atoms with E-state index in [9.17, 15) is 0 Å². The third-order valence-corrected chi connectivity index (χ3v) is 13.9. The van der Waals surface area contributed by atoms with Crippen LogP contribution >= 0.6 is 0 Å². The average Bonchev–Trinajstić information content (AvgIpc) is 2.57. The normalized spacial score (nSPS) is 10.8. The second-order valence-corrected chi connectivity index (χ2v) is 16.5. The van der Waals surface area contributed by atoms with Crippen LogP contribution in [0, 0.1) is 0 Å². The van der Waals surface area contributed by atoms with Crippen molar-refractivity contribution < 1.29 is 0 Å². The summed E-state index contributed by atoms with van der Waals surface area (Å²) in [5.41, 5.74) is 0. The van der Waals surface area contributed by atoms with Gasteiger partial charge < -0.3 is 0 Å². The predicted octanol–water partition coefficient (Wildman–Crippen LogP) is 1.78. The van der Waals surface area contributed by atoms with Gasteiger partial charge in [-0.15, -0.1) is 0 Å². The van der Waals surface area contributed by atoms with Crippen molar-refractivity contribution in [1.29, 1.82) is 0 Å². The summed E-state index contributed by atoms with van der Waals surface area (Å²) in [5.74, 6) is 0. The number of rotatable bonds is 6. The SMILES string of the molecule is c1ccc([Se][13CH]([Se]c2ccccc2)[Se]c2ccccc2)cc1. The number of benzene rings is 3. The van der Waals surface area contributed by atoms with Gasteiger partial charge in [0.1, 0.15) is 0 Å². The number of hydrogen-bond donors (Lipinski definition) is 0. The first kappa shape index (κ1) is 16.1. The van der Waals surface area contributed by atoms with Gasteiger partial charge in [0.15, 0.2) is 0 Å². The Morgan fingerprint density at radius 3 is 0.955 bits per heavy atom. The molecule has 3 aromatic carbocycles. The van der Waals surface area contributed by atoms with Crippen LogP contribution in [0.25, 0.3) is 0 Å². The van der Waals surface area contributed by atoms with Gasteiger partial charge in [-0.05, 0) is 0 Å². The monoisotopic (exact) mass is 485 g/mol. The van der Waals surface area contributed by atoms with Gasteiger partial charge in [-0.25, -0.2) is 0 Å². The average molecular weight is 482 g/mol. The summed E-state index contributed by atoms with van der Waals surface area (Å²) < 4.78 is 5.39. The van der Waals surface area contributed by atoms with Crippen LogP contribution in [0.2, 0.25) is 2.61 Å². The van der Waals surface area contributed by atoms with Gasteiger partial charge >= 0.3 is 152 Å². The zero-order valence-electron chi connectivity index (χ0n) is 12.0. The molecule has 0 atom stereocenters. The first-order valence-corrected chi connectivity index (χ1v) is 12.6. The molecule has 0 radical (unpaired) electrons. The third kappa shape index (κ3) is 5.14. The van der Waals surface area contributed by atoms with Crippen LogP contribution in [0.1, 0.15) is 0 Å². The van der Waals surface area contributed by atoms with Crippen molar-refractivity contribution in [3.8, 4) is 0 Å². The van der Waals surface area contributed by atoms with Crippen molar-refractivity contribution in [1.82, 2.24) is 0 Å². The predicted molar refractivity (Wildman–Crippen MR) is 99.2 cm³/mol. The van der Waals surface area contributed by atoms with Crippen molar-refractivity contribution in [3.63, 3.8) is 0 Å². The number of hydrogen-bond acceptors (Lipinski definition) is 0. The molecular weight excluding hydrogens is 466 g/mol. The molecule has 0 saturated heterocycles. The Labute approximate surface area is 151 Å². The van der Waals surface area contributed by atoms with Crippen molar-refractivity contribution in [2.24, 2.45) is 0 Å². The van der Waals surface area contributed by atoms with Crippen LogP contribution in [0.3, 0.4) is 0 Å². The van der Waals surface area contributed by atoms with Crippen LogP contribution in [0.5, 0.6) is 0 Å². The molecule has 0 spiro atoms. The van der Waals surface area contributed by atoms with Gasteiger partial charge in [0.2, 0.25) is 0 Å². The van der Waals surface area contributed by atoms with E-state index in [1.54, 1.807) is 0 Å². The third-order valence-electron chi connectivity index (χ3n) is 2.93. The van der Waals surface area contributed by atoms with Crippen molar-refractivity contribution in [2.45, 2.75) is 2.61 Å². The molecule has 0 unspecified atom stereocenters. The van der Waals surface area contributed by atoms with Crippen molar-refractivity contribution in [2.75, 3.05) is 0 Å². The van der Waals surface area contributed by atoms with Crippen LogP contribution in [-0.2, 0) is 0 Å². The molecule has 0 amide bonds. The van der Waals surface area contributed by atoms with E-state index in [1.165, 1.54) is 13.4 Å².